The molecule has 0 spiro atoms. The number of piperazine rings is 1. The van der Waals surface area contributed by atoms with Crippen LogP contribution in [0.3, 0.4) is 0 Å². The van der Waals surface area contributed by atoms with Crippen LogP contribution in [0.1, 0.15) is 56.2 Å². The lowest BCUT2D eigenvalue weighted by molar-refractivity contribution is 0.246. The molecule has 1 aliphatic heterocycles. The Bertz CT molecular complexity index is 1930. The number of nitriles is 1. The number of nitrogens with zero attached hydrogens (tertiary/aromatic N) is 4. The van der Waals surface area contributed by atoms with Crippen LogP contribution in [-0.4, -0.2) is 63.5 Å². The molecule has 1 N–H and O–H groups in total. The summed E-state index contributed by atoms with van der Waals surface area (Å²) in [5.41, 5.74) is 2.57. The summed E-state index contributed by atoms with van der Waals surface area (Å²) in [5, 5.41) is 22.2. The molecule has 230 valence electrons. The van der Waals surface area contributed by atoms with E-state index in [1.807, 2.05) is 6.07 Å². The van der Waals surface area contributed by atoms with Gasteiger partial charge in [0.2, 0.25) is 10.0 Å². The molecule has 1 saturated carbocycles. The van der Waals surface area contributed by atoms with Gasteiger partial charge in [-0.2, -0.15) is 9.57 Å². The SMILES string of the molecule is CC1(C)CCC(S(=O)(=O)c2ccc3c(c2)/C(=N/O)c2cc(S(=O)(=O)N4CCN(c5cccc(C#N)c5F)CC4)ccc2-3)CC1. The second-order valence-corrected chi connectivity index (χ2v) is 16.6. The summed E-state index contributed by atoms with van der Waals surface area (Å²) in [6.07, 6.45) is 2.83. The zero-order valence-corrected chi connectivity index (χ0v) is 26.1. The number of sulfonamides is 1. The fourth-order valence-corrected chi connectivity index (χ4v) is 9.77. The summed E-state index contributed by atoms with van der Waals surface area (Å²) < 4.78 is 70.5. The average molecular weight is 637 g/mol. The van der Waals surface area contributed by atoms with Gasteiger partial charge in [0, 0.05) is 37.3 Å². The van der Waals surface area contributed by atoms with E-state index in [0.717, 1.165) is 12.8 Å². The maximum Gasteiger partial charge on any atom is 0.243 e. The fourth-order valence-electron chi connectivity index (χ4n) is 6.54. The second kappa shape index (κ2) is 11.0. The molecule has 0 aromatic heterocycles. The standard InChI is InChI=1S/C32H33FN4O5S2/c1-32(2)12-10-22(11-13-32)43(39,40)23-6-8-25-26-9-7-24(19-28(26)31(35-38)27(25)18-23)44(41,42)37-16-14-36(15-17-37)29-5-3-4-21(20-34)30(29)33/h3-9,18-19,22,38H,10-17H2,1-2H3/b35-31-. The topological polar surface area (TPSA) is 131 Å². The fraction of sp³-hybridized carbons (Fsp3) is 0.375. The van der Waals surface area contributed by atoms with E-state index < -0.39 is 30.9 Å². The van der Waals surface area contributed by atoms with Crippen LogP contribution in [0.2, 0.25) is 0 Å². The Morgan fingerprint density at radius 2 is 1.48 bits per heavy atom. The summed E-state index contributed by atoms with van der Waals surface area (Å²) in [6, 6.07) is 15.8. The maximum absolute atomic E-state index is 14.7. The van der Waals surface area contributed by atoms with E-state index in [4.69, 9.17) is 5.26 Å². The number of anilines is 1. The van der Waals surface area contributed by atoms with Gasteiger partial charge in [0.1, 0.15) is 11.8 Å². The first-order valence-electron chi connectivity index (χ1n) is 14.6. The van der Waals surface area contributed by atoms with Crippen molar-refractivity contribution in [1.82, 2.24) is 4.31 Å². The highest BCUT2D eigenvalue weighted by Crippen LogP contribution is 2.42. The van der Waals surface area contributed by atoms with E-state index in [1.54, 1.807) is 35.2 Å². The van der Waals surface area contributed by atoms with Crippen LogP contribution in [0.15, 0.2) is 69.5 Å². The van der Waals surface area contributed by atoms with Crippen molar-refractivity contribution in [2.75, 3.05) is 31.1 Å². The minimum Gasteiger partial charge on any atom is -0.410 e. The minimum atomic E-state index is -3.96. The number of sulfone groups is 1. The van der Waals surface area contributed by atoms with E-state index >= 15 is 0 Å². The van der Waals surface area contributed by atoms with Crippen molar-refractivity contribution in [2.45, 2.75) is 54.6 Å². The van der Waals surface area contributed by atoms with Crippen LogP contribution in [0.25, 0.3) is 11.1 Å². The molecule has 6 rings (SSSR count). The number of hydrogen-bond donors (Lipinski definition) is 1. The summed E-state index contributed by atoms with van der Waals surface area (Å²) in [7, 11) is -7.57. The number of fused-ring (bicyclic) bond motifs is 3. The Labute approximate surface area is 257 Å². The van der Waals surface area contributed by atoms with Gasteiger partial charge in [-0.05, 0) is 78.6 Å². The van der Waals surface area contributed by atoms with Crippen molar-refractivity contribution in [3.05, 3.63) is 77.1 Å². The van der Waals surface area contributed by atoms with Gasteiger partial charge in [-0.3, -0.25) is 0 Å². The second-order valence-electron chi connectivity index (χ2n) is 12.4. The van der Waals surface area contributed by atoms with Crippen molar-refractivity contribution >= 4 is 31.3 Å². The van der Waals surface area contributed by atoms with Crippen LogP contribution >= 0.6 is 0 Å². The van der Waals surface area contributed by atoms with Crippen LogP contribution < -0.4 is 4.90 Å². The van der Waals surface area contributed by atoms with Crippen molar-refractivity contribution < 1.29 is 26.4 Å². The molecule has 3 aliphatic rings. The predicted octanol–water partition coefficient (Wildman–Crippen LogP) is 5.16. The molecule has 1 heterocycles. The molecule has 3 aromatic rings. The quantitative estimate of drug-likeness (QED) is 0.237. The molecule has 0 atom stereocenters. The number of benzene rings is 3. The summed E-state index contributed by atoms with van der Waals surface area (Å²) >= 11 is 0. The van der Waals surface area contributed by atoms with Crippen molar-refractivity contribution in [2.24, 2.45) is 10.6 Å². The lowest BCUT2D eigenvalue weighted by atomic mass is 9.77. The molecule has 0 amide bonds. The number of hydrogen-bond acceptors (Lipinski definition) is 8. The van der Waals surface area contributed by atoms with Gasteiger partial charge >= 0.3 is 0 Å². The number of rotatable bonds is 5. The summed E-state index contributed by atoms with van der Waals surface area (Å²) in [4.78, 5) is 1.89. The molecule has 3 aromatic carbocycles. The molecule has 0 bridgehead atoms. The predicted molar refractivity (Wildman–Crippen MR) is 165 cm³/mol. The lowest BCUT2D eigenvalue weighted by Crippen LogP contribution is -2.49. The third-order valence-corrected chi connectivity index (χ3v) is 13.4. The average Bonchev–Trinajstić information content (AvgIpc) is 3.33. The number of oxime groups is 1. The molecule has 44 heavy (non-hydrogen) atoms. The van der Waals surface area contributed by atoms with E-state index in [9.17, 15) is 26.4 Å². The van der Waals surface area contributed by atoms with Gasteiger partial charge in [0.25, 0.3) is 0 Å². The molecular formula is C32H33FN4O5S2. The molecule has 0 radical (unpaired) electrons. The van der Waals surface area contributed by atoms with Crippen LogP contribution in [0.4, 0.5) is 10.1 Å². The van der Waals surface area contributed by atoms with E-state index in [2.05, 4.69) is 19.0 Å². The molecule has 2 fully saturated rings. The molecule has 2 aliphatic carbocycles. The van der Waals surface area contributed by atoms with Crippen LogP contribution in [-0.2, 0) is 19.9 Å². The zero-order valence-electron chi connectivity index (χ0n) is 24.5. The maximum atomic E-state index is 14.7. The Balaban J connectivity index is 1.24. The Morgan fingerprint density at radius 1 is 0.886 bits per heavy atom. The Kier molecular flexibility index (Phi) is 7.55. The van der Waals surface area contributed by atoms with Gasteiger partial charge in [-0.15, -0.1) is 0 Å². The minimum absolute atomic E-state index is 0.00831. The third-order valence-electron chi connectivity index (χ3n) is 9.25. The molecular weight excluding hydrogens is 604 g/mol. The van der Waals surface area contributed by atoms with Crippen molar-refractivity contribution in [3.63, 3.8) is 0 Å². The van der Waals surface area contributed by atoms with Gasteiger partial charge < -0.3 is 10.1 Å². The van der Waals surface area contributed by atoms with Crippen LogP contribution in [0.5, 0.6) is 0 Å². The van der Waals surface area contributed by atoms with E-state index in [1.165, 1.54) is 28.6 Å². The van der Waals surface area contributed by atoms with Gasteiger partial charge in [0.15, 0.2) is 15.7 Å². The highest BCUT2D eigenvalue weighted by molar-refractivity contribution is 7.92. The monoisotopic (exact) mass is 636 g/mol. The zero-order chi connectivity index (χ0) is 31.4. The normalized spacial score (nSPS) is 19.9. The number of halogens is 1. The largest absolute Gasteiger partial charge is 0.410 e. The smallest absolute Gasteiger partial charge is 0.243 e. The van der Waals surface area contributed by atoms with Crippen molar-refractivity contribution in [3.8, 4) is 17.2 Å². The van der Waals surface area contributed by atoms with Crippen molar-refractivity contribution in [1.29, 1.82) is 5.26 Å². The van der Waals surface area contributed by atoms with Crippen LogP contribution in [0, 0.1) is 22.6 Å². The molecule has 1 saturated heterocycles. The molecule has 12 heteroatoms. The van der Waals surface area contributed by atoms with Gasteiger partial charge in [-0.1, -0.05) is 37.2 Å². The van der Waals surface area contributed by atoms with Gasteiger partial charge in [-0.25, -0.2) is 21.2 Å². The summed E-state index contributed by atoms with van der Waals surface area (Å²) in [5.74, 6) is -0.626. The lowest BCUT2D eigenvalue weighted by Gasteiger charge is -2.35. The summed E-state index contributed by atoms with van der Waals surface area (Å²) in [6.45, 7) is 4.99. The molecule has 9 nitrogen and oxygen atoms in total. The molecule has 0 unspecified atom stereocenters. The van der Waals surface area contributed by atoms with E-state index in [-0.39, 0.29) is 58.3 Å². The first-order chi connectivity index (χ1) is 20.9. The Morgan fingerprint density at radius 3 is 2.07 bits per heavy atom. The Hall–Kier alpha value is -3.79. The highest BCUT2D eigenvalue weighted by atomic mass is 32.2. The first kappa shape index (κ1) is 30.2. The first-order valence-corrected chi connectivity index (χ1v) is 17.5. The van der Waals surface area contributed by atoms with E-state index in [0.29, 0.717) is 35.1 Å². The highest BCUT2D eigenvalue weighted by Gasteiger charge is 2.37. The van der Waals surface area contributed by atoms with Gasteiger partial charge in [0.05, 0.1) is 26.3 Å². The third kappa shape index (κ3) is 5.06.